The molecule has 0 fully saturated rings. The SMILES string of the molecule is [AlH2+].[CH2]=[Al][NH][S-](=O)=O. The second-order valence-electron chi connectivity index (χ2n) is 0.557. The van der Waals surface area contributed by atoms with E-state index in [1.807, 2.05) is 0 Å². The van der Waals surface area contributed by atoms with Crippen LogP contribution in [0.2, 0.25) is 0 Å². The maximum atomic E-state index is 9.47. The number of nitrogens with one attached hydrogen (secondary N) is 1. The average Bonchev–Trinajstić information content (AvgIpc) is 1.35. The van der Waals surface area contributed by atoms with Gasteiger partial charge in [0.15, 0.2) is 0 Å². The first kappa shape index (κ1) is 10.6. The first-order valence-electron chi connectivity index (χ1n) is 1.23. The van der Waals surface area contributed by atoms with Crippen molar-refractivity contribution in [1.82, 2.24) is 3.71 Å². The van der Waals surface area contributed by atoms with Crippen molar-refractivity contribution in [2.75, 3.05) is 0 Å². The third kappa shape index (κ3) is 10.8. The Bertz CT molecular complexity index is 102. The van der Waals surface area contributed by atoms with Crippen molar-refractivity contribution in [3.8, 4) is 0 Å². The van der Waals surface area contributed by atoms with Gasteiger partial charge in [-0.3, -0.25) is 0 Å². The Labute approximate surface area is 60.8 Å². The summed E-state index contributed by atoms with van der Waals surface area (Å²) in [6, 6.07) is 0. The first-order chi connectivity index (χ1) is 2.77. The molecule has 0 atom stereocenters. The third-order valence-electron chi connectivity index (χ3n) is 0.180. The quantitative estimate of drug-likeness (QED) is 0.362. The summed E-state index contributed by atoms with van der Waals surface area (Å²) in [4.78, 5) is 0. The molecule has 0 saturated carbocycles. The molecule has 0 amide bonds. The van der Waals surface area contributed by atoms with Crippen molar-refractivity contribution in [2.45, 2.75) is 0 Å². The van der Waals surface area contributed by atoms with Gasteiger partial charge in [0, 0.05) is 0 Å². The van der Waals surface area contributed by atoms with Crippen molar-refractivity contribution in [3.63, 3.8) is 0 Å². The predicted molar refractivity (Wildman–Crippen MR) is 33.3 cm³/mol. The molecular weight excluding hydrogens is 144 g/mol. The van der Waals surface area contributed by atoms with E-state index in [2.05, 4.69) is 9.09 Å². The van der Waals surface area contributed by atoms with Crippen LogP contribution in [0.3, 0.4) is 0 Å². The molecule has 0 saturated heterocycles. The topological polar surface area (TPSA) is 46.2 Å². The van der Waals surface area contributed by atoms with E-state index >= 15 is 0 Å². The third-order valence-corrected chi connectivity index (χ3v) is 1.62. The van der Waals surface area contributed by atoms with Crippen LogP contribution in [0.5, 0.6) is 0 Å². The van der Waals surface area contributed by atoms with Crippen LogP contribution in [0.15, 0.2) is 0 Å². The minimum atomic E-state index is -2.09. The molecule has 0 aromatic heterocycles. The summed E-state index contributed by atoms with van der Waals surface area (Å²) in [6.07, 6.45) is 0. The van der Waals surface area contributed by atoms with E-state index in [0.717, 1.165) is 0 Å². The summed E-state index contributed by atoms with van der Waals surface area (Å²) in [5.41, 5.74) is 0. The number of hydrogen-bond acceptors (Lipinski definition) is 3. The van der Waals surface area contributed by atoms with Crippen LogP contribution >= 0.6 is 0 Å². The monoisotopic (exact) mass is 149 g/mol. The van der Waals surface area contributed by atoms with Gasteiger partial charge in [0.1, 0.15) is 0 Å². The Morgan fingerprint density at radius 3 is 2.00 bits per heavy atom. The van der Waals surface area contributed by atoms with Gasteiger partial charge in [0.05, 0.1) is 0 Å². The Kier molecular flexibility index (Phi) is 10.1. The molecule has 0 heterocycles. The minimum absolute atomic E-state index is 0. The normalized spacial score (nSPS) is 6.43. The molecule has 0 rings (SSSR count). The number of rotatable bonds is 2. The molecule has 0 aromatic rings. The fourth-order valence-corrected chi connectivity index (χ4v) is 0.612. The summed E-state index contributed by atoms with van der Waals surface area (Å²) in [5.74, 6) is 0. The standard InChI is InChI=1S/CH2.2Al.HNO2S.2H/c;;;1-4(2)3;;/h1H2;;;(H-,1,2,3);;/q;2*+1;-2;;. The molecule has 0 aliphatic heterocycles. The van der Waals surface area contributed by atoms with Gasteiger partial charge in [0.2, 0.25) is 0 Å². The van der Waals surface area contributed by atoms with E-state index < -0.39 is 10.9 Å². The zero-order valence-corrected chi connectivity index (χ0v) is 7.98. The van der Waals surface area contributed by atoms with E-state index in [9.17, 15) is 8.42 Å². The van der Waals surface area contributed by atoms with E-state index in [-0.39, 0.29) is 32.4 Å². The average molecular weight is 149 g/mol. The number of hydrogen-bond donors (Lipinski definition) is 1. The molecule has 0 radical (unpaired) electrons. The van der Waals surface area contributed by atoms with Gasteiger partial charge in [-0.05, 0) is 0 Å². The second kappa shape index (κ2) is 6.68. The Morgan fingerprint density at radius 2 is 2.00 bits per heavy atom. The van der Waals surface area contributed by atoms with Crippen molar-refractivity contribution < 1.29 is 8.42 Å². The van der Waals surface area contributed by atoms with Crippen molar-refractivity contribution in [1.29, 1.82) is 0 Å². The molecule has 0 aromatic carbocycles. The molecule has 0 spiro atoms. The van der Waals surface area contributed by atoms with Crippen LogP contribution in [0.1, 0.15) is 0 Å². The zero-order valence-electron chi connectivity index (χ0n) is 4.01. The first-order valence-corrected chi connectivity index (χ1v) is 3.70. The van der Waals surface area contributed by atoms with Gasteiger partial charge in [-0.15, -0.1) is 0 Å². The van der Waals surface area contributed by atoms with Crippen LogP contribution in [0.4, 0.5) is 0 Å². The molecule has 6 heteroatoms. The molecule has 3 nitrogen and oxygen atoms in total. The summed E-state index contributed by atoms with van der Waals surface area (Å²) in [5, 5.41) is 3.30. The van der Waals surface area contributed by atoms with E-state index in [1.165, 1.54) is 0 Å². The summed E-state index contributed by atoms with van der Waals surface area (Å²) in [6.45, 7) is 0. The van der Waals surface area contributed by atoms with Crippen molar-refractivity contribution >= 4 is 48.6 Å². The zero-order chi connectivity index (χ0) is 4.99. The molecule has 7 heavy (non-hydrogen) atoms. The van der Waals surface area contributed by atoms with Crippen molar-refractivity contribution in [2.24, 2.45) is 0 Å². The van der Waals surface area contributed by atoms with Crippen LogP contribution in [-0.2, 0) is 19.3 Å². The fraction of sp³-hybridized carbons (Fsp3) is 0. The van der Waals surface area contributed by atoms with Gasteiger partial charge in [-0.2, -0.15) is 0 Å². The summed E-state index contributed by atoms with van der Waals surface area (Å²) >= 11 is -0.360. The van der Waals surface area contributed by atoms with Crippen LogP contribution in [0.25, 0.3) is 0 Å². The van der Waals surface area contributed by atoms with Gasteiger partial charge in [0.25, 0.3) is 0 Å². The molecule has 38 valence electrons. The Hall–Kier alpha value is 0.685. The summed E-state index contributed by atoms with van der Waals surface area (Å²) < 4.78 is 21.0. The van der Waals surface area contributed by atoms with E-state index in [0.29, 0.717) is 0 Å². The van der Waals surface area contributed by atoms with Gasteiger partial charge in [-0.1, -0.05) is 0 Å². The van der Waals surface area contributed by atoms with Crippen LogP contribution in [0, 0.1) is 0 Å². The van der Waals surface area contributed by atoms with Crippen LogP contribution < -0.4 is 3.71 Å². The Balaban J connectivity index is 0. The maximum absolute atomic E-state index is 9.47. The van der Waals surface area contributed by atoms with Gasteiger partial charge in [-0.25, -0.2) is 0 Å². The molecule has 0 bridgehead atoms. The van der Waals surface area contributed by atoms with E-state index in [1.54, 1.807) is 0 Å². The van der Waals surface area contributed by atoms with Gasteiger partial charge < -0.3 is 0 Å². The summed E-state index contributed by atoms with van der Waals surface area (Å²) in [7, 11) is -2.09. The molecule has 1 N–H and O–H groups in total. The van der Waals surface area contributed by atoms with Gasteiger partial charge >= 0.3 is 60.8 Å². The molecular formula is CH5Al2NO2S. The molecule has 0 aliphatic carbocycles. The predicted octanol–water partition coefficient (Wildman–Crippen LogP) is -2.06. The van der Waals surface area contributed by atoms with Crippen molar-refractivity contribution in [3.05, 3.63) is 0 Å². The van der Waals surface area contributed by atoms with E-state index in [4.69, 9.17) is 0 Å². The van der Waals surface area contributed by atoms with Crippen LogP contribution in [-0.4, -0.2) is 37.7 Å². The molecule has 0 aliphatic rings. The fourth-order valence-electron chi connectivity index (χ4n) is 0.0680. The second-order valence-corrected chi connectivity index (χ2v) is 2.38. The Morgan fingerprint density at radius 1 is 1.57 bits per heavy atom. The molecule has 0 unspecified atom stereocenters.